The second-order valence-corrected chi connectivity index (χ2v) is 4.43. The Labute approximate surface area is 103 Å². The highest BCUT2D eigenvalue weighted by Crippen LogP contribution is 2.32. The van der Waals surface area contributed by atoms with Gasteiger partial charge in [0.15, 0.2) is 0 Å². The summed E-state index contributed by atoms with van der Waals surface area (Å²) in [5.41, 5.74) is 0.451. The summed E-state index contributed by atoms with van der Waals surface area (Å²) >= 11 is 10.7. The maximum absolute atomic E-state index is 10.9. The van der Waals surface area contributed by atoms with Gasteiger partial charge in [0.1, 0.15) is 5.75 Å². The van der Waals surface area contributed by atoms with E-state index in [9.17, 15) is 4.79 Å². The molecule has 2 nitrogen and oxygen atoms in total. The minimum absolute atomic E-state index is 0.451. The summed E-state index contributed by atoms with van der Waals surface area (Å²) in [6.07, 6.45) is 0. The van der Waals surface area contributed by atoms with Crippen molar-refractivity contribution >= 4 is 55.4 Å². The monoisotopic (exact) mass is 374 g/mol. The summed E-state index contributed by atoms with van der Waals surface area (Å²) in [6, 6.07) is 3.34. The Morgan fingerprint density at radius 2 is 2.23 bits per heavy atom. The minimum Gasteiger partial charge on any atom is -0.496 e. The van der Waals surface area contributed by atoms with Crippen LogP contribution in [-0.4, -0.2) is 12.4 Å². The average Bonchev–Trinajstić information content (AvgIpc) is 2.09. The van der Waals surface area contributed by atoms with Gasteiger partial charge >= 0.3 is 0 Å². The summed E-state index contributed by atoms with van der Waals surface area (Å²) in [6.45, 7) is 0. The summed E-state index contributed by atoms with van der Waals surface area (Å²) in [4.78, 5) is 10.9. The SMILES string of the molecule is COc1ccc(C(=O)Cl)c(Br)c1I. The molecule has 1 aromatic rings. The van der Waals surface area contributed by atoms with E-state index in [0.717, 1.165) is 3.57 Å². The normalized spacial score (nSPS) is 9.85. The quantitative estimate of drug-likeness (QED) is 0.585. The second kappa shape index (κ2) is 4.61. The van der Waals surface area contributed by atoms with Crippen LogP contribution in [0.4, 0.5) is 0 Å². The highest BCUT2D eigenvalue weighted by Gasteiger charge is 2.13. The largest absolute Gasteiger partial charge is 0.496 e. The Morgan fingerprint density at radius 3 is 2.69 bits per heavy atom. The third-order valence-corrected chi connectivity index (χ3v) is 4.32. The number of halogens is 3. The smallest absolute Gasteiger partial charge is 0.253 e. The molecule has 0 heterocycles. The van der Waals surface area contributed by atoms with Gasteiger partial charge in [0.2, 0.25) is 0 Å². The predicted molar refractivity (Wildman–Crippen MR) is 63.6 cm³/mol. The van der Waals surface area contributed by atoms with E-state index in [1.54, 1.807) is 19.2 Å². The van der Waals surface area contributed by atoms with Crippen molar-refractivity contribution in [3.05, 3.63) is 25.7 Å². The first kappa shape index (κ1) is 11.3. The number of rotatable bonds is 2. The molecule has 0 aliphatic carbocycles. The molecule has 0 saturated heterocycles. The minimum atomic E-state index is -0.479. The van der Waals surface area contributed by atoms with Crippen LogP contribution in [0.1, 0.15) is 10.4 Å². The van der Waals surface area contributed by atoms with Crippen molar-refractivity contribution in [3.8, 4) is 5.75 Å². The maximum Gasteiger partial charge on any atom is 0.253 e. The molecular weight excluding hydrogens is 370 g/mol. The zero-order valence-corrected chi connectivity index (χ0v) is 11.1. The molecule has 13 heavy (non-hydrogen) atoms. The van der Waals surface area contributed by atoms with Gasteiger partial charge < -0.3 is 4.74 Å². The molecule has 0 spiro atoms. The van der Waals surface area contributed by atoms with Crippen molar-refractivity contribution in [1.29, 1.82) is 0 Å². The summed E-state index contributed by atoms with van der Waals surface area (Å²) in [5, 5.41) is -0.479. The molecule has 0 amide bonds. The van der Waals surface area contributed by atoms with E-state index in [1.807, 2.05) is 0 Å². The Hall–Kier alpha value is 0.190. The van der Waals surface area contributed by atoms with Crippen LogP contribution in [-0.2, 0) is 0 Å². The number of carbonyl (C=O) groups excluding carboxylic acids is 1. The molecule has 0 radical (unpaired) electrons. The van der Waals surface area contributed by atoms with Crippen LogP contribution in [0.2, 0.25) is 0 Å². The fraction of sp³-hybridized carbons (Fsp3) is 0.125. The van der Waals surface area contributed by atoms with E-state index in [0.29, 0.717) is 15.8 Å². The molecule has 0 atom stereocenters. The lowest BCUT2D eigenvalue weighted by Gasteiger charge is -2.06. The summed E-state index contributed by atoms with van der Waals surface area (Å²) < 4.78 is 6.58. The number of ether oxygens (including phenoxy) is 1. The molecule has 1 rings (SSSR count). The van der Waals surface area contributed by atoms with E-state index in [2.05, 4.69) is 38.5 Å². The average molecular weight is 375 g/mol. The van der Waals surface area contributed by atoms with Gasteiger partial charge in [0, 0.05) is 10.0 Å². The molecule has 0 fully saturated rings. The van der Waals surface area contributed by atoms with Gasteiger partial charge in [0.25, 0.3) is 5.24 Å². The van der Waals surface area contributed by atoms with E-state index in [4.69, 9.17) is 16.3 Å². The van der Waals surface area contributed by atoms with Crippen molar-refractivity contribution in [1.82, 2.24) is 0 Å². The molecule has 1 aromatic carbocycles. The fourth-order valence-electron chi connectivity index (χ4n) is 0.841. The maximum atomic E-state index is 10.9. The first-order chi connectivity index (χ1) is 6.07. The summed E-state index contributed by atoms with van der Waals surface area (Å²) in [7, 11) is 1.58. The van der Waals surface area contributed by atoms with Crippen LogP contribution >= 0.6 is 50.1 Å². The lowest BCUT2D eigenvalue weighted by atomic mass is 10.2. The Balaban J connectivity index is 3.31. The Bertz CT molecular complexity index is 354. The van der Waals surface area contributed by atoms with Crippen LogP contribution in [0.25, 0.3) is 0 Å². The zero-order chi connectivity index (χ0) is 10.0. The number of benzene rings is 1. The second-order valence-electron chi connectivity index (χ2n) is 2.22. The van der Waals surface area contributed by atoms with E-state index >= 15 is 0 Å². The van der Waals surface area contributed by atoms with Gasteiger partial charge in [-0.2, -0.15) is 0 Å². The molecule has 0 bridgehead atoms. The topological polar surface area (TPSA) is 26.3 Å². The van der Waals surface area contributed by atoms with Crippen molar-refractivity contribution in [3.63, 3.8) is 0 Å². The number of methoxy groups -OCH3 is 1. The van der Waals surface area contributed by atoms with Gasteiger partial charge in [-0.3, -0.25) is 4.79 Å². The molecule has 0 unspecified atom stereocenters. The van der Waals surface area contributed by atoms with Gasteiger partial charge in [-0.1, -0.05) is 0 Å². The molecule has 0 N–H and O–H groups in total. The summed E-state index contributed by atoms with van der Waals surface area (Å²) in [5.74, 6) is 0.717. The lowest BCUT2D eigenvalue weighted by molar-refractivity contribution is 0.108. The van der Waals surface area contributed by atoms with Crippen molar-refractivity contribution in [2.45, 2.75) is 0 Å². The molecular formula is C8H5BrClIO2. The molecule has 0 saturated carbocycles. The molecule has 5 heteroatoms. The molecule has 70 valence electrons. The standard InChI is InChI=1S/C8H5BrClIO2/c1-13-5-3-2-4(8(10)12)6(9)7(5)11/h2-3H,1H3. The third kappa shape index (κ3) is 2.35. The Kier molecular flexibility index (Phi) is 4.00. The third-order valence-electron chi connectivity index (χ3n) is 1.48. The lowest BCUT2D eigenvalue weighted by Crippen LogP contribution is -1.95. The first-order valence-electron chi connectivity index (χ1n) is 3.29. The highest BCUT2D eigenvalue weighted by atomic mass is 127. The number of hydrogen-bond acceptors (Lipinski definition) is 2. The zero-order valence-electron chi connectivity index (χ0n) is 6.61. The van der Waals surface area contributed by atoms with E-state index in [1.165, 1.54) is 0 Å². The van der Waals surface area contributed by atoms with Crippen molar-refractivity contribution in [2.75, 3.05) is 7.11 Å². The van der Waals surface area contributed by atoms with Crippen LogP contribution in [0.3, 0.4) is 0 Å². The number of hydrogen-bond donors (Lipinski definition) is 0. The molecule has 0 aliphatic heterocycles. The molecule has 0 aliphatic rings. The van der Waals surface area contributed by atoms with Gasteiger partial charge in [-0.05, 0) is 62.3 Å². The van der Waals surface area contributed by atoms with Crippen LogP contribution < -0.4 is 4.74 Å². The van der Waals surface area contributed by atoms with Gasteiger partial charge in [0.05, 0.1) is 10.7 Å². The predicted octanol–water partition coefficient (Wildman–Crippen LogP) is 3.44. The van der Waals surface area contributed by atoms with E-state index < -0.39 is 5.24 Å². The van der Waals surface area contributed by atoms with Crippen LogP contribution in [0.15, 0.2) is 16.6 Å². The molecule has 0 aromatic heterocycles. The van der Waals surface area contributed by atoms with Gasteiger partial charge in [-0.25, -0.2) is 0 Å². The van der Waals surface area contributed by atoms with Crippen molar-refractivity contribution in [2.24, 2.45) is 0 Å². The Morgan fingerprint density at radius 1 is 1.62 bits per heavy atom. The fourth-order valence-corrected chi connectivity index (χ4v) is 2.31. The van der Waals surface area contributed by atoms with E-state index in [-0.39, 0.29) is 0 Å². The number of carbonyl (C=O) groups is 1. The first-order valence-corrected chi connectivity index (χ1v) is 5.54. The van der Waals surface area contributed by atoms with Gasteiger partial charge in [-0.15, -0.1) is 0 Å². The highest BCUT2D eigenvalue weighted by molar-refractivity contribution is 14.1. The van der Waals surface area contributed by atoms with Crippen LogP contribution in [0.5, 0.6) is 5.75 Å². The van der Waals surface area contributed by atoms with Crippen molar-refractivity contribution < 1.29 is 9.53 Å². The van der Waals surface area contributed by atoms with Crippen LogP contribution in [0, 0.1) is 3.57 Å².